The first-order valence-electron chi connectivity index (χ1n) is 7.49. The van der Waals surface area contributed by atoms with Gasteiger partial charge in [-0.1, -0.05) is 25.7 Å². The minimum absolute atomic E-state index is 0.0845. The third-order valence-corrected chi connectivity index (χ3v) is 5.10. The van der Waals surface area contributed by atoms with E-state index >= 15 is 0 Å². The van der Waals surface area contributed by atoms with E-state index in [1.165, 1.54) is 25.7 Å². The number of halogens is 1. The smallest absolute Gasteiger partial charge is 0.0764 e. The summed E-state index contributed by atoms with van der Waals surface area (Å²) in [6, 6.07) is 2.05. The van der Waals surface area contributed by atoms with Crippen LogP contribution in [-0.2, 0) is 6.42 Å². The Bertz CT molecular complexity index is 428. The van der Waals surface area contributed by atoms with Gasteiger partial charge in [0.15, 0.2) is 0 Å². The number of aliphatic hydroxyl groups is 1. The molecule has 0 radical (unpaired) electrons. The lowest BCUT2D eigenvalue weighted by Crippen LogP contribution is -2.54. The summed E-state index contributed by atoms with van der Waals surface area (Å²) < 4.78 is 0.974. The van der Waals surface area contributed by atoms with Gasteiger partial charge < -0.3 is 10.0 Å². The molecule has 1 atom stereocenters. The molecule has 2 rings (SSSR count). The van der Waals surface area contributed by atoms with Gasteiger partial charge in [0.1, 0.15) is 0 Å². The second kappa shape index (κ2) is 7.01. The molecule has 1 aliphatic rings. The van der Waals surface area contributed by atoms with Gasteiger partial charge >= 0.3 is 0 Å². The molecule has 0 bridgehead atoms. The first-order chi connectivity index (χ1) is 9.54. The van der Waals surface area contributed by atoms with Crippen molar-refractivity contribution >= 4 is 15.9 Å². The lowest BCUT2D eigenvalue weighted by atomic mass is 9.80. The van der Waals surface area contributed by atoms with Crippen molar-refractivity contribution in [2.45, 2.75) is 56.6 Å². The molecule has 0 aliphatic heterocycles. The van der Waals surface area contributed by atoms with Crippen LogP contribution in [0.1, 0.15) is 44.1 Å². The Kier molecular flexibility index (Phi) is 5.58. The molecule has 1 aliphatic carbocycles. The summed E-state index contributed by atoms with van der Waals surface area (Å²) in [5.41, 5.74) is 1.01. The van der Waals surface area contributed by atoms with Crippen LogP contribution in [0.3, 0.4) is 0 Å². The van der Waals surface area contributed by atoms with E-state index in [2.05, 4.69) is 46.0 Å². The van der Waals surface area contributed by atoms with Gasteiger partial charge in [0.25, 0.3) is 0 Å². The number of pyridine rings is 1. The SMILES string of the molecule is CN(C)C1(C(O)Cc2cncc(Br)c2)CCCCCC1. The van der Waals surface area contributed by atoms with Crippen LogP contribution in [0.2, 0.25) is 0 Å². The average Bonchev–Trinajstić information content (AvgIpc) is 2.65. The number of hydrogen-bond donors (Lipinski definition) is 1. The fraction of sp³-hybridized carbons (Fsp3) is 0.688. The molecule has 1 N–H and O–H groups in total. The van der Waals surface area contributed by atoms with Crippen LogP contribution in [0, 0.1) is 0 Å². The van der Waals surface area contributed by atoms with Crippen molar-refractivity contribution in [2.75, 3.05) is 14.1 Å². The average molecular weight is 341 g/mol. The largest absolute Gasteiger partial charge is 0.391 e. The Balaban J connectivity index is 2.16. The predicted molar refractivity (Wildman–Crippen MR) is 85.8 cm³/mol. The summed E-state index contributed by atoms with van der Waals surface area (Å²) in [5.74, 6) is 0. The van der Waals surface area contributed by atoms with Crippen molar-refractivity contribution in [3.63, 3.8) is 0 Å². The molecule has 0 spiro atoms. The van der Waals surface area contributed by atoms with Crippen LogP contribution in [0.15, 0.2) is 22.9 Å². The van der Waals surface area contributed by atoms with Crippen LogP contribution < -0.4 is 0 Å². The van der Waals surface area contributed by atoms with E-state index in [9.17, 15) is 5.11 Å². The quantitative estimate of drug-likeness (QED) is 0.853. The summed E-state index contributed by atoms with van der Waals surface area (Å²) >= 11 is 3.45. The maximum Gasteiger partial charge on any atom is 0.0764 e. The van der Waals surface area contributed by atoms with Gasteiger partial charge in [-0.25, -0.2) is 0 Å². The second-order valence-corrected chi connectivity index (χ2v) is 7.06. The minimum Gasteiger partial charge on any atom is -0.391 e. The number of nitrogens with zero attached hydrogens (tertiary/aromatic N) is 2. The molecule has 112 valence electrons. The molecule has 1 saturated carbocycles. The molecule has 0 amide bonds. The number of aromatic nitrogens is 1. The number of aliphatic hydroxyl groups excluding tert-OH is 1. The van der Waals surface area contributed by atoms with Gasteiger partial charge in [-0.15, -0.1) is 0 Å². The van der Waals surface area contributed by atoms with Crippen LogP contribution in [0.4, 0.5) is 0 Å². The maximum atomic E-state index is 10.9. The van der Waals surface area contributed by atoms with E-state index in [4.69, 9.17) is 0 Å². The van der Waals surface area contributed by atoms with Crippen molar-refractivity contribution in [2.24, 2.45) is 0 Å². The molecule has 1 aromatic rings. The first kappa shape index (κ1) is 15.9. The third kappa shape index (κ3) is 3.60. The van der Waals surface area contributed by atoms with Crippen molar-refractivity contribution in [3.05, 3.63) is 28.5 Å². The zero-order valence-corrected chi connectivity index (χ0v) is 14.1. The molecule has 1 aromatic heterocycles. The summed E-state index contributed by atoms with van der Waals surface area (Å²) in [4.78, 5) is 6.44. The lowest BCUT2D eigenvalue weighted by molar-refractivity contribution is -0.0174. The Morgan fingerprint density at radius 1 is 1.25 bits per heavy atom. The standard InChI is InChI=1S/C16H25BrN2O/c1-19(2)16(7-5-3-4-6-8-16)15(20)10-13-9-14(17)12-18-11-13/h9,11-12,15,20H,3-8,10H2,1-2H3. The number of rotatable bonds is 4. The van der Waals surface area contributed by atoms with Crippen molar-refractivity contribution < 1.29 is 5.11 Å². The van der Waals surface area contributed by atoms with Gasteiger partial charge in [0, 0.05) is 28.8 Å². The summed E-state index contributed by atoms with van der Waals surface area (Å²) in [6.07, 6.45) is 11.2. The van der Waals surface area contributed by atoms with E-state index < -0.39 is 0 Å². The van der Waals surface area contributed by atoms with Gasteiger partial charge in [0.05, 0.1) is 6.10 Å². The van der Waals surface area contributed by atoms with E-state index in [1.54, 1.807) is 6.20 Å². The van der Waals surface area contributed by atoms with E-state index in [0.29, 0.717) is 6.42 Å². The van der Waals surface area contributed by atoms with Gasteiger partial charge in [-0.2, -0.15) is 0 Å². The van der Waals surface area contributed by atoms with E-state index in [1.807, 2.05) is 6.20 Å². The Labute approximate surface area is 130 Å². The molecule has 1 fully saturated rings. The summed E-state index contributed by atoms with van der Waals surface area (Å²) in [7, 11) is 4.21. The molecule has 1 heterocycles. The third-order valence-electron chi connectivity index (χ3n) is 4.67. The topological polar surface area (TPSA) is 36.4 Å². The Hall–Kier alpha value is -0.450. The Morgan fingerprint density at radius 3 is 2.45 bits per heavy atom. The highest BCUT2D eigenvalue weighted by Gasteiger charge is 2.39. The van der Waals surface area contributed by atoms with Crippen molar-refractivity contribution in [1.82, 2.24) is 9.88 Å². The molecular weight excluding hydrogens is 316 g/mol. The fourth-order valence-corrected chi connectivity index (χ4v) is 3.81. The molecule has 0 saturated heterocycles. The predicted octanol–water partition coefficient (Wildman–Crippen LogP) is 3.40. The van der Waals surface area contributed by atoms with Crippen LogP contribution in [0.25, 0.3) is 0 Å². The van der Waals surface area contributed by atoms with Gasteiger partial charge in [0.2, 0.25) is 0 Å². The molecule has 0 aromatic carbocycles. The molecule has 4 heteroatoms. The summed E-state index contributed by atoms with van der Waals surface area (Å²) in [5, 5.41) is 10.9. The molecular formula is C16H25BrN2O. The highest BCUT2D eigenvalue weighted by molar-refractivity contribution is 9.10. The Morgan fingerprint density at radius 2 is 1.90 bits per heavy atom. The first-order valence-corrected chi connectivity index (χ1v) is 8.29. The highest BCUT2D eigenvalue weighted by Crippen LogP contribution is 2.35. The number of likely N-dealkylation sites (N-methyl/N-ethyl adjacent to an activating group) is 1. The lowest BCUT2D eigenvalue weighted by Gasteiger charge is -2.43. The minimum atomic E-state index is -0.341. The maximum absolute atomic E-state index is 10.9. The van der Waals surface area contributed by atoms with Crippen molar-refractivity contribution in [3.8, 4) is 0 Å². The van der Waals surface area contributed by atoms with E-state index in [0.717, 1.165) is 22.9 Å². The highest BCUT2D eigenvalue weighted by atomic mass is 79.9. The molecule has 20 heavy (non-hydrogen) atoms. The normalized spacial score (nSPS) is 20.6. The zero-order valence-electron chi connectivity index (χ0n) is 12.5. The number of hydrogen-bond acceptors (Lipinski definition) is 3. The van der Waals surface area contributed by atoms with Crippen molar-refractivity contribution in [1.29, 1.82) is 0 Å². The zero-order chi connectivity index (χ0) is 14.6. The second-order valence-electron chi connectivity index (χ2n) is 6.14. The van der Waals surface area contributed by atoms with Crippen LogP contribution in [0.5, 0.6) is 0 Å². The summed E-state index contributed by atoms with van der Waals surface area (Å²) in [6.45, 7) is 0. The van der Waals surface area contributed by atoms with E-state index in [-0.39, 0.29) is 11.6 Å². The van der Waals surface area contributed by atoms with Crippen LogP contribution >= 0.6 is 15.9 Å². The van der Waals surface area contributed by atoms with Gasteiger partial charge in [-0.3, -0.25) is 4.98 Å². The van der Waals surface area contributed by atoms with Gasteiger partial charge in [-0.05, 0) is 54.5 Å². The molecule has 1 unspecified atom stereocenters. The van der Waals surface area contributed by atoms with Crippen LogP contribution in [-0.4, -0.2) is 40.7 Å². The molecule has 3 nitrogen and oxygen atoms in total. The monoisotopic (exact) mass is 340 g/mol. The fourth-order valence-electron chi connectivity index (χ4n) is 3.40.